The Morgan fingerprint density at radius 2 is 0.905 bits per heavy atom. The summed E-state index contributed by atoms with van der Waals surface area (Å²) < 4.78 is 2.22. The Labute approximate surface area is 289 Å². The molecule has 6 aromatic carbocycles. The molecule has 0 aliphatic heterocycles. The van der Waals surface area contributed by atoms with Crippen LogP contribution in [0.3, 0.4) is 0 Å². The Morgan fingerprint density at radius 3 is 1.24 bits per heavy atom. The molecule has 0 saturated heterocycles. The summed E-state index contributed by atoms with van der Waals surface area (Å²) in [5.41, 5.74) is 6.26. The molecule has 0 unspecified atom stereocenters. The van der Waals surface area contributed by atoms with Crippen LogP contribution in [0.15, 0.2) is 118 Å². The molecule has 6 rings (SSSR count). The third kappa shape index (κ3) is 5.94. The monoisotopic (exact) mass is 860 g/mol. The molecule has 0 aliphatic rings. The van der Waals surface area contributed by atoms with Crippen LogP contribution in [-0.4, -0.2) is 8.07 Å². The SMILES string of the molecule is CC(C)[Si](c1cc2c(-c3ccc(Br)cc3)cccc2[cH-]1)(c1cc2c(-c3ccc(Br)cc3)cccc2[cH-]1)C(C)C.[CH3-].[CH3-].[Hf+4]. The summed E-state index contributed by atoms with van der Waals surface area (Å²) in [6.07, 6.45) is 0. The van der Waals surface area contributed by atoms with Crippen LogP contribution in [0.2, 0.25) is 11.1 Å². The summed E-state index contributed by atoms with van der Waals surface area (Å²) in [6.45, 7) is 9.80. The second kappa shape index (κ2) is 13.8. The second-order valence-electron chi connectivity index (χ2n) is 11.3. The van der Waals surface area contributed by atoms with Gasteiger partial charge in [0.05, 0.1) is 8.07 Å². The number of hydrogen-bond donors (Lipinski definition) is 0. The first-order chi connectivity index (χ1) is 18.8. The zero-order chi connectivity index (χ0) is 27.3. The molecule has 0 radical (unpaired) electrons. The van der Waals surface area contributed by atoms with Crippen LogP contribution in [-0.2, 0) is 25.8 Å². The Kier molecular flexibility index (Phi) is 11.4. The maximum Gasteiger partial charge on any atom is 4.00 e. The van der Waals surface area contributed by atoms with E-state index in [9.17, 15) is 0 Å². The predicted octanol–water partition coefficient (Wildman–Crippen LogP) is 11.6. The van der Waals surface area contributed by atoms with Crippen molar-refractivity contribution in [3.05, 3.63) is 133 Å². The molecule has 212 valence electrons. The van der Waals surface area contributed by atoms with Crippen LogP contribution in [0.5, 0.6) is 0 Å². The molecular formula is C38H38Br2HfSi. The third-order valence-corrected chi connectivity index (χ3v) is 15.8. The van der Waals surface area contributed by atoms with E-state index in [4.69, 9.17) is 0 Å². The number of hydrogen-bond acceptors (Lipinski definition) is 0. The van der Waals surface area contributed by atoms with Crippen molar-refractivity contribution in [2.75, 3.05) is 0 Å². The van der Waals surface area contributed by atoms with E-state index in [0.29, 0.717) is 11.1 Å². The van der Waals surface area contributed by atoms with Crippen molar-refractivity contribution in [1.29, 1.82) is 0 Å². The predicted molar refractivity (Wildman–Crippen MR) is 193 cm³/mol. The number of halogens is 2. The molecule has 0 fully saturated rings. The summed E-state index contributed by atoms with van der Waals surface area (Å²) in [7, 11) is -2.15. The Hall–Kier alpha value is -1.85. The maximum atomic E-state index is 3.60. The van der Waals surface area contributed by atoms with Gasteiger partial charge in [-0.2, -0.15) is 12.1 Å². The van der Waals surface area contributed by atoms with E-state index in [-0.39, 0.29) is 40.7 Å². The summed E-state index contributed by atoms with van der Waals surface area (Å²) in [6, 6.07) is 41.0. The number of benzene rings is 4. The molecule has 0 aromatic heterocycles. The standard InChI is InChI=1S/C36H32Br2Si.2CH3.Hf/c1-23(2)39(24(3)4,31-19-27-7-5-9-33(35(27)21-31)25-11-15-29(37)16-12-25)32-20-28-8-6-10-34(36(28)22-32)26-13-17-30(38)18-14-26;;;/h5-24H,1-4H3;2*1H3;/q-2;2*-1;+4. The van der Waals surface area contributed by atoms with E-state index >= 15 is 0 Å². The Balaban J connectivity index is 0.00000161. The topological polar surface area (TPSA) is 0 Å². The maximum absolute atomic E-state index is 3.60. The van der Waals surface area contributed by atoms with Gasteiger partial charge in [0.2, 0.25) is 0 Å². The van der Waals surface area contributed by atoms with Gasteiger partial charge in [0.25, 0.3) is 0 Å². The fraction of sp³-hybridized carbons (Fsp3) is 0.158. The van der Waals surface area contributed by atoms with Gasteiger partial charge in [-0.3, -0.25) is 0 Å². The fourth-order valence-electron chi connectivity index (χ4n) is 6.88. The van der Waals surface area contributed by atoms with Crippen molar-refractivity contribution in [3.8, 4) is 22.3 Å². The normalized spacial score (nSPS) is 11.4. The third-order valence-electron chi connectivity index (χ3n) is 8.59. The molecule has 0 N–H and O–H groups in total. The first-order valence-corrected chi connectivity index (χ1v) is 17.4. The van der Waals surface area contributed by atoms with Gasteiger partial charge in [-0.15, -0.1) is 68.3 Å². The zero-order valence-corrected chi connectivity index (χ0v) is 33.1. The molecule has 0 heterocycles. The van der Waals surface area contributed by atoms with Gasteiger partial charge in [0, 0.05) is 8.95 Å². The van der Waals surface area contributed by atoms with E-state index < -0.39 is 8.07 Å². The number of fused-ring (bicyclic) bond motifs is 2. The summed E-state index contributed by atoms with van der Waals surface area (Å²) in [5.74, 6) is 0. The van der Waals surface area contributed by atoms with Gasteiger partial charge in [-0.1, -0.05) is 107 Å². The first kappa shape index (κ1) is 34.6. The molecule has 0 atom stereocenters. The van der Waals surface area contributed by atoms with Crippen molar-refractivity contribution < 1.29 is 25.8 Å². The van der Waals surface area contributed by atoms with Crippen LogP contribution < -0.4 is 10.4 Å². The van der Waals surface area contributed by atoms with Crippen LogP contribution in [0.1, 0.15) is 27.7 Å². The first-order valence-electron chi connectivity index (χ1n) is 13.7. The van der Waals surface area contributed by atoms with E-state index in [0.717, 1.165) is 8.95 Å². The van der Waals surface area contributed by atoms with Gasteiger partial charge >= 0.3 is 25.8 Å². The zero-order valence-electron chi connectivity index (χ0n) is 25.3. The molecule has 4 heteroatoms. The van der Waals surface area contributed by atoms with Gasteiger partial charge in [0.15, 0.2) is 0 Å². The molecule has 0 bridgehead atoms. The van der Waals surface area contributed by atoms with Crippen LogP contribution in [0.25, 0.3) is 43.8 Å². The largest absolute Gasteiger partial charge is 4.00 e. The van der Waals surface area contributed by atoms with Crippen LogP contribution in [0, 0.1) is 14.9 Å². The van der Waals surface area contributed by atoms with Crippen molar-refractivity contribution in [2.24, 2.45) is 0 Å². The van der Waals surface area contributed by atoms with Crippen molar-refractivity contribution >= 4 is 71.9 Å². The molecule has 42 heavy (non-hydrogen) atoms. The quantitative estimate of drug-likeness (QED) is 0.116. The van der Waals surface area contributed by atoms with Gasteiger partial charge in [0.1, 0.15) is 0 Å². The summed E-state index contributed by atoms with van der Waals surface area (Å²) in [4.78, 5) is 0. The summed E-state index contributed by atoms with van der Waals surface area (Å²) in [5, 5.41) is 8.50. The second-order valence-corrected chi connectivity index (χ2v) is 18.3. The van der Waals surface area contributed by atoms with Crippen LogP contribution >= 0.6 is 31.9 Å². The molecule has 0 saturated carbocycles. The van der Waals surface area contributed by atoms with Crippen LogP contribution in [0.4, 0.5) is 0 Å². The molecule has 0 spiro atoms. The molecule has 0 amide bonds. The van der Waals surface area contributed by atoms with Crippen molar-refractivity contribution in [3.63, 3.8) is 0 Å². The molecule has 0 aliphatic carbocycles. The smallest absolute Gasteiger partial charge is 0.358 e. The molecule has 6 aromatic rings. The average molecular weight is 861 g/mol. The van der Waals surface area contributed by atoms with Gasteiger partial charge in [-0.05, 0) is 46.5 Å². The van der Waals surface area contributed by atoms with Crippen molar-refractivity contribution in [2.45, 2.75) is 38.8 Å². The van der Waals surface area contributed by atoms with E-state index in [2.05, 4.69) is 169 Å². The summed E-state index contributed by atoms with van der Waals surface area (Å²) >= 11 is 7.19. The fourth-order valence-corrected chi connectivity index (χ4v) is 13.3. The van der Waals surface area contributed by atoms with Gasteiger partial charge in [-0.25, -0.2) is 0 Å². The Morgan fingerprint density at radius 1 is 0.548 bits per heavy atom. The molecular weight excluding hydrogens is 823 g/mol. The minimum absolute atomic E-state index is 0. The minimum atomic E-state index is -2.15. The Bertz CT molecular complexity index is 1640. The molecule has 0 nitrogen and oxygen atoms in total. The number of rotatable bonds is 6. The minimum Gasteiger partial charge on any atom is -0.358 e. The van der Waals surface area contributed by atoms with E-state index in [1.807, 2.05) is 0 Å². The van der Waals surface area contributed by atoms with E-state index in [1.165, 1.54) is 43.8 Å². The average Bonchev–Trinajstić information content (AvgIpc) is 3.54. The van der Waals surface area contributed by atoms with Crippen molar-refractivity contribution in [1.82, 2.24) is 0 Å². The van der Waals surface area contributed by atoms with Gasteiger partial charge < -0.3 is 14.9 Å². The van der Waals surface area contributed by atoms with E-state index in [1.54, 1.807) is 10.4 Å².